The van der Waals surface area contributed by atoms with Gasteiger partial charge in [0.05, 0.1) is 5.56 Å². The minimum atomic E-state index is -0.290. The summed E-state index contributed by atoms with van der Waals surface area (Å²) in [7, 11) is 0. The third-order valence-corrected chi connectivity index (χ3v) is 3.46. The van der Waals surface area contributed by atoms with Gasteiger partial charge in [0, 0.05) is 0 Å². The maximum absolute atomic E-state index is 9.91. The highest BCUT2D eigenvalue weighted by Gasteiger charge is 2.16. The van der Waals surface area contributed by atoms with Crippen LogP contribution in [0.3, 0.4) is 0 Å². The van der Waals surface area contributed by atoms with Gasteiger partial charge in [0.2, 0.25) is 0 Å². The molecule has 0 aliphatic heterocycles. The Morgan fingerprint density at radius 3 is 2.00 bits per heavy atom. The fourth-order valence-electron chi connectivity index (χ4n) is 2.06. The lowest BCUT2D eigenvalue weighted by molar-refractivity contribution is 0.398. The Kier molecular flexibility index (Phi) is 2.91. The van der Waals surface area contributed by atoms with E-state index in [4.69, 9.17) is 0 Å². The molecule has 2 aromatic rings. The number of aryl methyl sites for hydroxylation is 1. The first-order valence-electron chi connectivity index (χ1n) is 5.74. The average molecular weight is 244 g/mol. The van der Waals surface area contributed by atoms with E-state index in [1.54, 1.807) is 0 Å². The molecule has 0 saturated carbocycles. The molecule has 0 atom stereocenters. The van der Waals surface area contributed by atoms with Crippen LogP contribution in [-0.2, 0) is 0 Å². The summed E-state index contributed by atoms with van der Waals surface area (Å²) in [5.74, 6) is -0.571. The van der Waals surface area contributed by atoms with Crippen LogP contribution in [0.4, 0.5) is 0 Å². The largest absolute Gasteiger partial charge is 0.507 e. The molecule has 0 spiro atoms. The van der Waals surface area contributed by atoms with Gasteiger partial charge in [-0.2, -0.15) is 0 Å². The van der Waals surface area contributed by atoms with Crippen molar-refractivity contribution in [3.8, 4) is 28.4 Å². The van der Waals surface area contributed by atoms with Gasteiger partial charge in [-0.25, -0.2) is 0 Å². The Hall–Kier alpha value is -2.16. The molecule has 2 rings (SSSR count). The van der Waals surface area contributed by atoms with E-state index in [-0.39, 0.29) is 22.8 Å². The van der Waals surface area contributed by atoms with Gasteiger partial charge in [-0.05, 0) is 55.2 Å². The third-order valence-electron chi connectivity index (χ3n) is 3.46. The molecule has 0 unspecified atom stereocenters. The van der Waals surface area contributed by atoms with Gasteiger partial charge in [0.1, 0.15) is 5.75 Å². The molecule has 0 radical (unpaired) electrons. The fraction of sp³-hybridized carbons (Fsp3) is 0.200. The molecular weight excluding hydrogens is 228 g/mol. The normalized spacial score (nSPS) is 10.6. The molecule has 0 saturated heterocycles. The van der Waals surface area contributed by atoms with Crippen LogP contribution in [0.1, 0.15) is 16.7 Å². The summed E-state index contributed by atoms with van der Waals surface area (Å²) >= 11 is 0. The first kappa shape index (κ1) is 12.3. The Morgan fingerprint density at radius 1 is 0.722 bits per heavy atom. The number of aromatic hydroxyl groups is 3. The zero-order chi connectivity index (χ0) is 13.4. The summed E-state index contributed by atoms with van der Waals surface area (Å²) < 4.78 is 0. The van der Waals surface area contributed by atoms with E-state index in [2.05, 4.69) is 0 Å². The predicted molar refractivity (Wildman–Crippen MR) is 71.1 cm³/mol. The van der Waals surface area contributed by atoms with Crippen molar-refractivity contribution < 1.29 is 15.3 Å². The number of rotatable bonds is 1. The zero-order valence-electron chi connectivity index (χ0n) is 10.7. The highest BCUT2D eigenvalue weighted by atomic mass is 16.3. The number of benzene rings is 2. The lowest BCUT2D eigenvalue weighted by atomic mass is 9.93. The molecule has 0 bridgehead atoms. The number of hydrogen-bond donors (Lipinski definition) is 3. The fourth-order valence-corrected chi connectivity index (χ4v) is 2.06. The molecule has 0 aromatic heterocycles. The van der Waals surface area contributed by atoms with Crippen molar-refractivity contribution in [3.63, 3.8) is 0 Å². The smallest absolute Gasteiger partial charge is 0.169 e. The summed E-state index contributed by atoms with van der Waals surface area (Å²) in [5, 5.41) is 29.3. The first-order valence-corrected chi connectivity index (χ1v) is 5.74. The highest BCUT2D eigenvalue weighted by Crippen LogP contribution is 2.44. The van der Waals surface area contributed by atoms with Crippen LogP contribution in [-0.4, -0.2) is 15.3 Å². The minimum Gasteiger partial charge on any atom is -0.507 e. The second kappa shape index (κ2) is 4.26. The van der Waals surface area contributed by atoms with Gasteiger partial charge in [0.15, 0.2) is 11.5 Å². The van der Waals surface area contributed by atoms with E-state index in [9.17, 15) is 15.3 Å². The van der Waals surface area contributed by atoms with Crippen molar-refractivity contribution in [3.05, 3.63) is 41.0 Å². The Morgan fingerprint density at radius 2 is 1.33 bits per heavy atom. The van der Waals surface area contributed by atoms with Gasteiger partial charge < -0.3 is 15.3 Å². The molecule has 0 amide bonds. The molecule has 3 nitrogen and oxygen atoms in total. The number of phenols is 3. The van der Waals surface area contributed by atoms with E-state index in [1.807, 2.05) is 32.9 Å². The van der Waals surface area contributed by atoms with Crippen LogP contribution >= 0.6 is 0 Å². The zero-order valence-corrected chi connectivity index (χ0v) is 10.7. The molecule has 3 N–H and O–H groups in total. The molecule has 0 heterocycles. The summed E-state index contributed by atoms with van der Waals surface area (Å²) in [6, 6.07) is 6.41. The van der Waals surface area contributed by atoms with Crippen molar-refractivity contribution in [2.75, 3.05) is 0 Å². The number of phenolic OH excluding ortho intramolecular Hbond substituents is 3. The van der Waals surface area contributed by atoms with E-state index in [1.165, 1.54) is 12.1 Å². The van der Waals surface area contributed by atoms with Crippen molar-refractivity contribution in [1.82, 2.24) is 0 Å². The highest BCUT2D eigenvalue weighted by molar-refractivity contribution is 5.81. The molecule has 0 fully saturated rings. The molecule has 0 aliphatic carbocycles. The SMILES string of the molecule is Cc1ccc(-c2c(O)ccc(O)c2O)c(C)c1C. The van der Waals surface area contributed by atoms with Gasteiger partial charge >= 0.3 is 0 Å². The van der Waals surface area contributed by atoms with Crippen LogP contribution < -0.4 is 0 Å². The van der Waals surface area contributed by atoms with Crippen LogP contribution in [0.2, 0.25) is 0 Å². The van der Waals surface area contributed by atoms with Gasteiger partial charge in [-0.1, -0.05) is 12.1 Å². The summed E-state index contributed by atoms with van der Waals surface area (Å²) in [4.78, 5) is 0. The topological polar surface area (TPSA) is 60.7 Å². The lowest BCUT2D eigenvalue weighted by Crippen LogP contribution is -1.91. The minimum absolute atomic E-state index is 0.0448. The van der Waals surface area contributed by atoms with Crippen LogP contribution in [0.15, 0.2) is 24.3 Å². The Balaban J connectivity index is 2.78. The summed E-state index contributed by atoms with van der Waals surface area (Å²) in [6.07, 6.45) is 0. The van der Waals surface area contributed by atoms with Gasteiger partial charge in [-0.3, -0.25) is 0 Å². The summed E-state index contributed by atoms with van der Waals surface area (Å²) in [6.45, 7) is 5.93. The summed E-state index contributed by atoms with van der Waals surface area (Å²) in [5.41, 5.74) is 4.23. The second-order valence-electron chi connectivity index (χ2n) is 4.51. The Labute approximate surface area is 106 Å². The maximum atomic E-state index is 9.91. The first-order chi connectivity index (χ1) is 8.43. The van der Waals surface area contributed by atoms with E-state index < -0.39 is 0 Å². The van der Waals surface area contributed by atoms with Gasteiger partial charge in [0.25, 0.3) is 0 Å². The molecule has 0 aliphatic rings. The lowest BCUT2D eigenvalue weighted by Gasteiger charge is -2.14. The predicted octanol–water partition coefficient (Wildman–Crippen LogP) is 3.40. The molecule has 18 heavy (non-hydrogen) atoms. The van der Waals surface area contributed by atoms with Crippen molar-refractivity contribution in [2.24, 2.45) is 0 Å². The van der Waals surface area contributed by atoms with Crippen LogP contribution in [0, 0.1) is 20.8 Å². The van der Waals surface area contributed by atoms with Gasteiger partial charge in [-0.15, -0.1) is 0 Å². The number of hydrogen-bond acceptors (Lipinski definition) is 3. The maximum Gasteiger partial charge on any atom is 0.169 e. The molecular formula is C15H16O3. The average Bonchev–Trinajstić information content (AvgIpc) is 2.34. The third kappa shape index (κ3) is 1.78. The van der Waals surface area contributed by atoms with E-state index in [0.717, 1.165) is 22.3 Å². The van der Waals surface area contributed by atoms with Crippen LogP contribution in [0.25, 0.3) is 11.1 Å². The van der Waals surface area contributed by atoms with E-state index in [0.29, 0.717) is 0 Å². The standard InChI is InChI=1S/C15H16O3/c1-8-4-5-11(10(3)9(8)2)14-12(16)6-7-13(17)15(14)18/h4-7,16-18H,1-3H3. The Bertz CT molecular complexity index is 616. The quantitative estimate of drug-likeness (QED) is 0.532. The van der Waals surface area contributed by atoms with Crippen molar-refractivity contribution in [1.29, 1.82) is 0 Å². The molecule has 2 aromatic carbocycles. The van der Waals surface area contributed by atoms with E-state index >= 15 is 0 Å². The molecule has 94 valence electrons. The molecule has 3 heteroatoms. The van der Waals surface area contributed by atoms with Crippen molar-refractivity contribution in [2.45, 2.75) is 20.8 Å². The monoisotopic (exact) mass is 244 g/mol. The second-order valence-corrected chi connectivity index (χ2v) is 4.51. The van der Waals surface area contributed by atoms with Crippen molar-refractivity contribution >= 4 is 0 Å². The van der Waals surface area contributed by atoms with Crippen LogP contribution in [0.5, 0.6) is 17.2 Å².